The molecule has 0 spiro atoms. The minimum absolute atomic E-state index is 0.544. The molecule has 1 aliphatic heterocycles. The molecule has 2 atom stereocenters. The van der Waals surface area contributed by atoms with Gasteiger partial charge >= 0.3 is 0 Å². The van der Waals surface area contributed by atoms with E-state index < -0.39 is 0 Å². The largest absolute Gasteiger partial charge is 0.495 e. The van der Waals surface area contributed by atoms with Crippen molar-refractivity contribution in [2.24, 2.45) is 0 Å². The Morgan fingerprint density at radius 1 is 1.33 bits per heavy atom. The van der Waals surface area contributed by atoms with Crippen LogP contribution in [-0.4, -0.2) is 37.2 Å². The van der Waals surface area contributed by atoms with Crippen molar-refractivity contribution < 1.29 is 4.74 Å². The minimum atomic E-state index is 0.544. The molecular formula is C14H21ClN2O. The van der Waals surface area contributed by atoms with Crippen molar-refractivity contribution in [1.82, 2.24) is 10.2 Å². The van der Waals surface area contributed by atoms with Gasteiger partial charge in [-0.25, -0.2) is 0 Å². The molecule has 1 aromatic carbocycles. The van der Waals surface area contributed by atoms with Gasteiger partial charge in [0.1, 0.15) is 5.75 Å². The van der Waals surface area contributed by atoms with Crippen LogP contribution in [0.25, 0.3) is 0 Å². The summed E-state index contributed by atoms with van der Waals surface area (Å²) in [6.07, 6.45) is 0. The Hall–Kier alpha value is -0.770. The number of nitrogens with one attached hydrogen (secondary N) is 1. The molecule has 0 aromatic heterocycles. The van der Waals surface area contributed by atoms with E-state index in [4.69, 9.17) is 16.3 Å². The van der Waals surface area contributed by atoms with Crippen molar-refractivity contribution in [2.45, 2.75) is 32.5 Å². The van der Waals surface area contributed by atoms with Crippen LogP contribution in [0, 0.1) is 0 Å². The lowest BCUT2D eigenvalue weighted by atomic mass is 10.1. The molecule has 1 saturated heterocycles. The number of hydrogen-bond donors (Lipinski definition) is 1. The third-order valence-corrected chi connectivity index (χ3v) is 3.55. The first kappa shape index (κ1) is 13.7. The zero-order chi connectivity index (χ0) is 13.1. The number of rotatable bonds is 3. The lowest BCUT2D eigenvalue weighted by Crippen LogP contribution is -2.53. The number of ether oxygens (including phenoxy) is 1. The molecule has 0 amide bonds. The van der Waals surface area contributed by atoms with E-state index in [2.05, 4.69) is 30.1 Å². The quantitative estimate of drug-likeness (QED) is 0.912. The molecule has 100 valence electrons. The molecular weight excluding hydrogens is 248 g/mol. The van der Waals surface area contributed by atoms with E-state index in [1.165, 1.54) is 5.56 Å². The molecule has 18 heavy (non-hydrogen) atoms. The maximum Gasteiger partial charge on any atom is 0.137 e. The molecule has 0 bridgehead atoms. The van der Waals surface area contributed by atoms with Crippen molar-refractivity contribution in [3.05, 3.63) is 28.8 Å². The van der Waals surface area contributed by atoms with Gasteiger partial charge in [-0.1, -0.05) is 17.7 Å². The van der Waals surface area contributed by atoms with E-state index in [0.717, 1.165) is 25.4 Å². The first-order valence-electron chi connectivity index (χ1n) is 6.39. The molecule has 0 radical (unpaired) electrons. The average molecular weight is 269 g/mol. The summed E-state index contributed by atoms with van der Waals surface area (Å²) in [6, 6.07) is 7.11. The van der Waals surface area contributed by atoms with Gasteiger partial charge in [0.05, 0.1) is 12.1 Å². The molecule has 0 unspecified atom stereocenters. The van der Waals surface area contributed by atoms with Crippen LogP contribution in [0.5, 0.6) is 5.75 Å². The summed E-state index contributed by atoms with van der Waals surface area (Å²) in [6.45, 7) is 7.55. The molecule has 1 aromatic rings. The van der Waals surface area contributed by atoms with Gasteiger partial charge in [-0.15, -0.1) is 0 Å². The maximum absolute atomic E-state index is 6.15. The van der Waals surface area contributed by atoms with Crippen molar-refractivity contribution in [2.75, 3.05) is 20.2 Å². The molecule has 0 saturated carbocycles. The minimum Gasteiger partial charge on any atom is -0.495 e. The van der Waals surface area contributed by atoms with E-state index in [1.807, 2.05) is 12.1 Å². The summed E-state index contributed by atoms with van der Waals surface area (Å²) in [5.41, 5.74) is 1.24. The highest BCUT2D eigenvalue weighted by Crippen LogP contribution is 2.25. The monoisotopic (exact) mass is 268 g/mol. The van der Waals surface area contributed by atoms with Crippen LogP contribution in [0.4, 0.5) is 0 Å². The number of piperazine rings is 1. The van der Waals surface area contributed by atoms with E-state index >= 15 is 0 Å². The van der Waals surface area contributed by atoms with Gasteiger partial charge in [-0.2, -0.15) is 0 Å². The van der Waals surface area contributed by atoms with Crippen molar-refractivity contribution in [1.29, 1.82) is 0 Å². The predicted octanol–water partition coefficient (Wildman–Crippen LogP) is 2.53. The molecule has 2 rings (SSSR count). The highest BCUT2D eigenvalue weighted by Gasteiger charge is 2.20. The Kier molecular flexibility index (Phi) is 4.49. The second kappa shape index (κ2) is 5.91. The van der Waals surface area contributed by atoms with E-state index in [0.29, 0.717) is 17.1 Å². The van der Waals surface area contributed by atoms with Crippen LogP contribution in [0.1, 0.15) is 19.4 Å². The van der Waals surface area contributed by atoms with E-state index in [-0.39, 0.29) is 0 Å². The zero-order valence-electron chi connectivity index (χ0n) is 11.2. The van der Waals surface area contributed by atoms with Crippen LogP contribution in [0.3, 0.4) is 0 Å². The highest BCUT2D eigenvalue weighted by atomic mass is 35.5. The Balaban J connectivity index is 2.02. The van der Waals surface area contributed by atoms with E-state index in [1.54, 1.807) is 7.11 Å². The summed E-state index contributed by atoms with van der Waals surface area (Å²) in [4.78, 5) is 2.46. The normalized spacial score (nSPS) is 25.1. The molecule has 1 N–H and O–H groups in total. The Labute approximate surface area is 114 Å². The van der Waals surface area contributed by atoms with Crippen LogP contribution in [-0.2, 0) is 6.54 Å². The van der Waals surface area contributed by atoms with Gasteiger partial charge in [-0.05, 0) is 31.5 Å². The molecule has 3 nitrogen and oxygen atoms in total. The summed E-state index contributed by atoms with van der Waals surface area (Å²) in [5, 5.41) is 4.22. The van der Waals surface area contributed by atoms with Crippen molar-refractivity contribution in [3.8, 4) is 5.75 Å². The van der Waals surface area contributed by atoms with Crippen molar-refractivity contribution >= 4 is 11.6 Å². The van der Waals surface area contributed by atoms with Gasteiger partial charge in [0.2, 0.25) is 0 Å². The summed E-state index contributed by atoms with van der Waals surface area (Å²) in [5.74, 6) is 0.738. The second-order valence-corrected chi connectivity index (χ2v) is 5.54. The second-order valence-electron chi connectivity index (χ2n) is 5.13. The fourth-order valence-corrected chi connectivity index (χ4v) is 2.92. The Bertz CT molecular complexity index is 401. The van der Waals surface area contributed by atoms with Gasteiger partial charge in [-0.3, -0.25) is 4.90 Å². The lowest BCUT2D eigenvalue weighted by Gasteiger charge is -2.36. The number of halogens is 1. The van der Waals surface area contributed by atoms with Crippen LogP contribution in [0.15, 0.2) is 18.2 Å². The zero-order valence-corrected chi connectivity index (χ0v) is 12.0. The predicted molar refractivity (Wildman–Crippen MR) is 75.3 cm³/mol. The van der Waals surface area contributed by atoms with Gasteiger partial charge in [0, 0.05) is 31.7 Å². The molecule has 1 fully saturated rings. The fourth-order valence-electron chi connectivity index (χ4n) is 2.64. The van der Waals surface area contributed by atoms with E-state index in [9.17, 15) is 0 Å². The Morgan fingerprint density at radius 2 is 2.00 bits per heavy atom. The third kappa shape index (κ3) is 3.37. The molecule has 1 aliphatic rings. The van der Waals surface area contributed by atoms with Crippen LogP contribution in [0.2, 0.25) is 5.02 Å². The third-order valence-electron chi connectivity index (χ3n) is 3.26. The smallest absolute Gasteiger partial charge is 0.137 e. The lowest BCUT2D eigenvalue weighted by molar-refractivity contribution is 0.166. The number of hydrogen-bond acceptors (Lipinski definition) is 3. The first-order valence-corrected chi connectivity index (χ1v) is 6.77. The van der Waals surface area contributed by atoms with Crippen molar-refractivity contribution in [3.63, 3.8) is 0 Å². The molecule has 4 heteroatoms. The number of methoxy groups -OCH3 is 1. The highest BCUT2D eigenvalue weighted by molar-refractivity contribution is 6.32. The maximum atomic E-state index is 6.15. The number of benzene rings is 1. The Morgan fingerprint density at radius 3 is 2.56 bits per heavy atom. The number of nitrogens with zero attached hydrogens (tertiary/aromatic N) is 1. The molecule has 0 aliphatic carbocycles. The molecule has 1 heterocycles. The van der Waals surface area contributed by atoms with Crippen LogP contribution < -0.4 is 10.1 Å². The van der Waals surface area contributed by atoms with Gasteiger partial charge in [0.25, 0.3) is 0 Å². The topological polar surface area (TPSA) is 24.5 Å². The van der Waals surface area contributed by atoms with Crippen LogP contribution >= 0.6 is 11.6 Å². The average Bonchev–Trinajstić information content (AvgIpc) is 2.27. The summed E-state index contributed by atoms with van der Waals surface area (Å²) < 4.78 is 5.17. The first-order chi connectivity index (χ1) is 8.58. The standard InChI is InChI=1S/C14H21ClN2O/c1-10-7-17(8-11(2)16-10)9-12-4-5-14(18-3)13(15)6-12/h4-6,10-11,16H,7-9H2,1-3H3/t10-,11-/m1/s1. The fraction of sp³-hybridized carbons (Fsp3) is 0.571. The van der Waals surface area contributed by atoms with Gasteiger partial charge < -0.3 is 10.1 Å². The van der Waals surface area contributed by atoms with Gasteiger partial charge in [0.15, 0.2) is 0 Å². The SMILES string of the molecule is COc1ccc(CN2C[C@@H](C)N[C@H](C)C2)cc1Cl. The summed E-state index contributed by atoms with van der Waals surface area (Å²) >= 11 is 6.15. The summed E-state index contributed by atoms with van der Waals surface area (Å²) in [7, 11) is 1.64.